The minimum atomic E-state index is -0.271. The Bertz CT molecular complexity index is 628. The van der Waals surface area contributed by atoms with Gasteiger partial charge in [0.25, 0.3) is 0 Å². The second-order valence-electron chi connectivity index (χ2n) is 3.59. The van der Waals surface area contributed by atoms with E-state index in [1.54, 1.807) is 40.4 Å². The van der Waals surface area contributed by atoms with Crippen LogP contribution in [0.2, 0.25) is 0 Å². The molecule has 0 amide bonds. The van der Waals surface area contributed by atoms with E-state index in [-0.39, 0.29) is 5.82 Å². The summed E-state index contributed by atoms with van der Waals surface area (Å²) in [6, 6.07) is 10.5. The Kier molecular flexibility index (Phi) is 2.49. The van der Waals surface area contributed by atoms with Gasteiger partial charge in [-0.05, 0) is 29.6 Å². The van der Waals surface area contributed by atoms with Gasteiger partial charge in [-0.2, -0.15) is 16.4 Å². The van der Waals surface area contributed by atoms with Gasteiger partial charge in [-0.15, -0.1) is 0 Å². The molecule has 0 aliphatic carbocycles. The maximum Gasteiger partial charge on any atom is 0.148 e. The Hall–Kier alpha value is -1.94. The number of thiophene rings is 1. The Balaban J connectivity index is 2.17. The van der Waals surface area contributed by atoms with E-state index in [1.807, 2.05) is 22.9 Å². The molecule has 84 valence electrons. The minimum absolute atomic E-state index is 0.271. The maximum absolute atomic E-state index is 13.7. The summed E-state index contributed by atoms with van der Waals surface area (Å²) >= 11 is 1.61. The highest BCUT2D eigenvalue weighted by Crippen LogP contribution is 2.25. The van der Waals surface area contributed by atoms with E-state index in [0.717, 1.165) is 11.3 Å². The van der Waals surface area contributed by atoms with Gasteiger partial charge >= 0.3 is 0 Å². The smallest absolute Gasteiger partial charge is 0.148 e. The summed E-state index contributed by atoms with van der Waals surface area (Å²) in [6.45, 7) is 0. The van der Waals surface area contributed by atoms with Crippen molar-refractivity contribution in [2.75, 3.05) is 0 Å². The monoisotopic (exact) mass is 244 g/mol. The van der Waals surface area contributed by atoms with Crippen LogP contribution in [0.3, 0.4) is 0 Å². The average molecular weight is 244 g/mol. The van der Waals surface area contributed by atoms with Crippen molar-refractivity contribution in [1.82, 2.24) is 9.78 Å². The lowest BCUT2D eigenvalue weighted by atomic mass is 10.2. The van der Waals surface area contributed by atoms with Gasteiger partial charge in [-0.3, -0.25) is 0 Å². The molecule has 0 atom stereocenters. The first kappa shape index (κ1) is 10.2. The molecule has 1 aromatic carbocycles. The molecular weight excluding hydrogens is 235 g/mol. The summed E-state index contributed by atoms with van der Waals surface area (Å²) in [5.74, 6) is -0.271. The number of hydrogen-bond acceptors (Lipinski definition) is 2. The molecule has 0 aliphatic rings. The molecule has 3 rings (SSSR count). The fraction of sp³-hybridized carbons (Fsp3) is 0. The van der Waals surface area contributed by atoms with Gasteiger partial charge in [0.2, 0.25) is 0 Å². The molecule has 0 saturated carbocycles. The molecule has 0 saturated heterocycles. The van der Waals surface area contributed by atoms with E-state index in [9.17, 15) is 4.39 Å². The molecule has 4 heteroatoms. The highest BCUT2D eigenvalue weighted by Gasteiger charge is 2.10. The molecule has 0 aliphatic heterocycles. The van der Waals surface area contributed by atoms with Crippen molar-refractivity contribution in [2.24, 2.45) is 0 Å². The number of nitrogens with zero attached hydrogens (tertiary/aromatic N) is 2. The fourth-order valence-electron chi connectivity index (χ4n) is 1.75. The molecule has 0 radical (unpaired) electrons. The van der Waals surface area contributed by atoms with E-state index in [2.05, 4.69) is 5.10 Å². The summed E-state index contributed by atoms with van der Waals surface area (Å²) < 4.78 is 15.3. The Morgan fingerprint density at radius 3 is 2.76 bits per heavy atom. The summed E-state index contributed by atoms with van der Waals surface area (Å²) in [5.41, 5.74) is 2.42. The highest BCUT2D eigenvalue weighted by atomic mass is 32.1. The second kappa shape index (κ2) is 4.14. The van der Waals surface area contributed by atoms with Gasteiger partial charge in [-0.25, -0.2) is 9.07 Å². The van der Waals surface area contributed by atoms with Gasteiger partial charge in [0.1, 0.15) is 11.5 Å². The van der Waals surface area contributed by atoms with Crippen LogP contribution in [0.4, 0.5) is 4.39 Å². The lowest BCUT2D eigenvalue weighted by molar-refractivity contribution is 0.611. The van der Waals surface area contributed by atoms with E-state index < -0.39 is 0 Å². The third-order valence-electron chi connectivity index (χ3n) is 2.54. The lowest BCUT2D eigenvalue weighted by Gasteiger charge is -2.06. The molecule has 3 aromatic rings. The quantitative estimate of drug-likeness (QED) is 0.671. The number of hydrogen-bond donors (Lipinski definition) is 0. The van der Waals surface area contributed by atoms with Crippen molar-refractivity contribution >= 4 is 11.3 Å². The van der Waals surface area contributed by atoms with E-state index in [1.165, 1.54) is 6.07 Å². The van der Waals surface area contributed by atoms with Crippen molar-refractivity contribution in [1.29, 1.82) is 0 Å². The topological polar surface area (TPSA) is 17.8 Å². The first-order valence-corrected chi connectivity index (χ1v) is 6.12. The van der Waals surface area contributed by atoms with Crippen LogP contribution in [0.1, 0.15) is 0 Å². The van der Waals surface area contributed by atoms with Crippen LogP contribution >= 0.6 is 11.3 Å². The summed E-state index contributed by atoms with van der Waals surface area (Å²) in [7, 11) is 0. The van der Waals surface area contributed by atoms with Crippen LogP contribution in [0.15, 0.2) is 53.4 Å². The van der Waals surface area contributed by atoms with Crippen LogP contribution < -0.4 is 0 Å². The van der Waals surface area contributed by atoms with E-state index in [4.69, 9.17) is 0 Å². The molecule has 0 N–H and O–H groups in total. The second-order valence-corrected chi connectivity index (χ2v) is 4.37. The first-order valence-electron chi connectivity index (χ1n) is 5.18. The number of para-hydroxylation sites is 1. The molecule has 0 fully saturated rings. The van der Waals surface area contributed by atoms with Crippen LogP contribution in [0.5, 0.6) is 0 Å². The molecule has 0 spiro atoms. The molecular formula is C13H9FN2S. The van der Waals surface area contributed by atoms with Crippen molar-refractivity contribution in [3.8, 4) is 16.9 Å². The normalized spacial score (nSPS) is 10.6. The standard InChI is InChI=1S/C13H9FN2S/c14-11-3-1-2-4-13(11)16-12(5-7-15-16)10-6-8-17-9-10/h1-9H. The zero-order valence-corrected chi connectivity index (χ0v) is 9.69. The molecule has 0 unspecified atom stereocenters. The summed E-state index contributed by atoms with van der Waals surface area (Å²) in [5, 5.41) is 8.20. The van der Waals surface area contributed by atoms with Crippen LogP contribution in [-0.4, -0.2) is 9.78 Å². The van der Waals surface area contributed by atoms with Crippen LogP contribution in [0.25, 0.3) is 16.9 Å². The zero-order valence-electron chi connectivity index (χ0n) is 8.88. The third-order valence-corrected chi connectivity index (χ3v) is 3.22. The van der Waals surface area contributed by atoms with Crippen LogP contribution in [-0.2, 0) is 0 Å². The van der Waals surface area contributed by atoms with Crippen molar-refractivity contribution < 1.29 is 4.39 Å². The number of rotatable bonds is 2. The van der Waals surface area contributed by atoms with Crippen molar-refractivity contribution in [3.63, 3.8) is 0 Å². The molecule has 2 aromatic heterocycles. The Morgan fingerprint density at radius 2 is 2.00 bits per heavy atom. The maximum atomic E-state index is 13.7. The van der Waals surface area contributed by atoms with Crippen molar-refractivity contribution in [2.45, 2.75) is 0 Å². The fourth-order valence-corrected chi connectivity index (χ4v) is 2.40. The van der Waals surface area contributed by atoms with Gasteiger partial charge in [0.15, 0.2) is 0 Å². The van der Waals surface area contributed by atoms with Gasteiger partial charge < -0.3 is 0 Å². The van der Waals surface area contributed by atoms with Crippen molar-refractivity contribution in [3.05, 3.63) is 59.2 Å². The summed E-state index contributed by atoms with van der Waals surface area (Å²) in [4.78, 5) is 0. The summed E-state index contributed by atoms with van der Waals surface area (Å²) in [6.07, 6.45) is 1.68. The number of halogens is 1. The minimum Gasteiger partial charge on any atom is -0.230 e. The first-order chi connectivity index (χ1) is 8.36. The van der Waals surface area contributed by atoms with E-state index in [0.29, 0.717) is 5.69 Å². The zero-order chi connectivity index (χ0) is 11.7. The largest absolute Gasteiger partial charge is 0.230 e. The Morgan fingerprint density at radius 1 is 1.12 bits per heavy atom. The van der Waals surface area contributed by atoms with Gasteiger partial charge in [-0.1, -0.05) is 12.1 Å². The number of benzene rings is 1. The van der Waals surface area contributed by atoms with E-state index >= 15 is 0 Å². The number of aromatic nitrogens is 2. The molecule has 2 heterocycles. The Labute approximate surface area is 102 Å². The average Bonchev–Trinajstić information content (AvgIpc) is 3.00. The SMILES string of the molecule is Fc1ccccc1-n1nccc1-c1ccsc1. The predicted octanol–water partition coefficient (Wildman–Crippen LogP) is 3.74. The third kappa shape index (κ3) is 1.76. The molecule has 17 heavy (non-hydrogen) atoms. The molecule has 2 nitrogen and oxygen atoms in total. The highest BCUT2D eigenvalue weighted by molar-refractivity contribution is 7.08. The van der Waals surface area contributed by atoms with Gasteiger partial charge in [0, 0.05) is 10.9 Å². The molecule has 0 bridgehead atoms. The van der Waals surface area contributed by atoms with Gasteiger partial charge in [0.05, 0.1) is 11.9 Å². The predicted molar refractivity (Wildman–Crippen MR) is 66.8 cm³/mol. The lowest BCUT2D eigenvalue weighted by Crippen LogP contribution is -2.00. The van der Waals surface area contributed by atoms with Crippen LogP contribution in [0, 0.1) is 5.82 Å².